The summed E-state index contributed by atoms with van der Waals surface area (Å²) in [4.78, 5) is 27.0. The lowest BCUT2D eigenvalue weighted by Crippen LogP contribution is -2.55. The van der Waals surface area contributed by atoms with Crippen LogP contribution >= 0.6 is 0 Å². The van der Waals surface area contributed by atoms with Gasteiger partial charge in [-0.2, -0.15) is 0 Å². The van der Waals surface area contributed by atoms with E-state index < -0.39 is 29.4 Å². The minimum atomic E-state index is -0.787. The zero-order valence-electron chi connectivity index (χ0n) is 24.0. The molecule has 1 N–H and O–H groups in total. The molecule has 0 fully saturated rings. The number of carbonyl (C=O) groups excluding carboxylic acids is 2. The summed E-state index contributed by atoms with van der Waals surface area (Å²) in [6.45, 7) is 10.7. The van der Waals surface area contributed by atoms with Gasteiger partial charge in [-0.1, -0.05) is 103 Å². The molecule has 1 aliphatic carbocycles. The summed E-state index contributed by atoms with van der Waals surface area (Å²) in [5.74, 6) is -0.263. The monoisotopic (exact) mass is 538 g/mol. The van der Waals surface area contributed by atoms with Gasteiger partial charge in [0.2, 0.25) is 0 Å². The molecule has 6 nitrogen and oxygen atoms in total. The summed E-state index contributed by atoms with van der Waals surface area (Å²) >= 11 is 0. The van der Waals surface area contributed by atoms with Gasteiger partial charge in [-0.25, -0.2) is 20.0 Å². The van der Waals surface area contributed by atoms with Gasteiger partial charge in [0.25, 0.3) is 0 Å². The van der Waals surface area contributed by atoms with Crippen LogP contribution in [0.1, 0.15) is 64.2 Å². The first-order valence-electron chi connectivity index (χ1n) is 13.5. The highest BCUT2D eigenvalue weighted by molar-refractivity contribution is 5.86. The van der Waals surface area contributed by atoms with Gasteiger partial charge in [0.1, 0.15) is 11.2 Å². The van der Waals surface area contributed by atoms with Crippen LogP contribution in [0, 0.1) is 0 Å². The maximum atomic E-state index is 13.8. The second kappa shape index (κ2) is 11.8. The Morgan fingerprint density at radius 2 is 1.18 bits per heavy atom. The molecule has 0 saturated carbocycles. The summed E-state index contributed by atoms with van der Waals surface area (Å²) in [5, 5.41) is 1.29. The maximum Gasteiger partial charge on any atom is 0.429 e. The molecule has 0 spiro atoms. The number of amides is 2. The van der Waals surface area contributed by atoms with E-state index in [2.05, 4.69) is 35.8 Å². The highest BCUT2D eigenvalue weighted by Crippen LogP contribution is 2.41. The fourth-order valence-electron chi connectivity index (χ4n) is 4.75. The number of nitrogens with one attached hydrogen (secondary N) is 1. The van der Waals surface area contributed by atoms with E-state index in [0.29, 0.717) is 0 Å². The van der Waals surface area contributed by atoms with E-state index in [1.54, 1.807) is 41.5 Å². The third kappa shape index (κ3) is 7.20. The van der Waals surface area contributed by atoms with Gasteiger partial charge >= 0.3 is 12.2 Å². The number of hydrogen-bond donors (Lipinski definition) is 1. The summed E-state index contributed by atoms with van der Waals surface area (Å²) < 4.78 is 11.4. The van der Waals surface area contributed by atoms with Crippen LogP contribution in [0.2, 0.25) is 0 Å². The summed E-state index contributed by atoms with van der Waals surface area (Å²) in [7, 11) is 0. The quantitative estimate of drug-likeness (QED) is 0.343. The molecule has 0 heterocycles. The number of rotatable bonds is 4. The van der Waals surface area contributed by atoms with E-state index in [9.17, 15) is 9.59 Å². The van der Waals surface area contributed by atoms with Crippen LogP contribution < -0.4 is 5.43 Å². The molecule has 4 rings (SSSR count). The van der Waals surface area contributed by atoms with Crippen LogP contribution in [-0.4, -0.2) is 34.4 Å². The van der Waals surface area contributed by atoms with Gasteiger partial charge in [0, 0.05) is 5.92 Å². The molecule has 3 aromatic carbocycles. The minimum absolute atomic E-state index is 0.263. The van der Waals surface area contributed by atoms with Crippen molar-refractivity contribution in [2.24, 2.45) is 0 Å². The number of nitrogens with zero attached hydrogens (tertiary/aromatic N) is 1. The molecule has 1 aliphatic rings. The zero-order chi connectivity index (χ0) is 28.9. The summed E-state index contributed by atoms with van der Waals surface area (Å²) in [6.07, 6.45) is 2.71. The maximum absolute atomic E-state index is 13.8. The number of ether oxygens (including phenoxy) is 2. The van der Waals surface area contributed by atoms with Crippen molar-refractivity contribution in [1.82, 2.24) is 10.4 Å². The Kier molecular flexibility index (Phi) is 8.48. The second-order valence-electron chi connectivity index (χ2n) is 11.8. The van der Waals surface area contributed by atoms with Crippen LogP contribution in [0.15, 0.2) is 109 Å². The normalized spacial score (nSPS) is 16.8. The molecule has 0 aromatic heterocycles. The highest BCUT2D eigenvalue weighted by atomic mass is 16.6. The lowest BCUT2D eigenvalue weighted by Gasteiger charge is -2.36. The number of hydrogen-bond acceptors (Lipinski definition) is 4. The first-order chi connectivity index (χ1) is 18.9. The second-order valence-corrected chi connectivity index (χ2v) is 11.8. The molecule has 0 unspecified atom stereocenters. The van der Waals surface area contributed by atoms with E-state index in [1.807, 2.05) is 72.8 Å². The lowest BCUT2D eigenvalue weighted by atomic mass is 9.86. The van der Waals surface area contributed by atoms with Crippen molar-refractivity contribution in [2.75, 3.05) is 0 Å². The zero-order valence-corrected chi connectivity index (χ0v) is 24.0. The summed E-state index contributed by atoms with van der Waals surface area (Å²) in [6, 6.07) is 29.4. The van der Waals surface area contributed by atoms with E-state index in [-0.39, 0.29) is 5.92 Å². The third-order valence-corrected chi connectivity index (χ3v) is 6.22. The molecule has 0 bridgehead atoms. The molecule has 2 atom stereocenters. The first-order valence-corrected chi connectivity index (χ1v) is 13.5. The molecule has 40 heavy (non-hydrogen) atoms. The summed E-state index contributed by atoms with van der Waals surface area (Å²) in [5.41, 5.74) is 6.02. The largest absolute Gasteiger partial charge is 0.443 e. The number of benzene rings is 3. The van der Waals surface area contributed by atoms with Gasteiger partial charge < -0.3 is 9.47 Å². The minimum Gasteiger partial charge on any atom is -0.443 e. The Morgan fingerprint density at radius 1 is 0.700 bits per heavy atom. The van der Waals surface area contributed by atoms with Crippen LogP contribution in [0.5, 0.6) is 0 Å². The van der Waals surface area contributed by atoms with Crippen molar-refractivity contribution in [3.8, 4) is 0 Å². The van der Waals surface area contributed by atoms with Crippen LogP contribution in [0.25, 0.3) is 5.57 Å². The standard InChI is InChI=1S/C34H38N2O4/c1-33(2,3)39-31(37)35-36(32(38)40-34(4,5)6)30-27(24-16-10-7-11-17-24)22-23-28(30)29(25-18-12-8-13-19-25)26-20-14-9-15-21-26/h7-23,27,30H,1-6H3,(H,35,37)/t27-,30-/m1/s1. The molecule has 0 radical (unpaired) electrons. The van der Waals surface area contributed by atoms with E-state index in [4.69, 9.17) is 9.47 Å². The SMILES string of the molecule is CC(C)(C)OC(=O)NN(C(=O)OC(C)(C)C)[C@H]1C(=C(c2ccccc2)c2ccccc2)C=C[C@@H]1c1ccccc1. The third-order valence-electron chi connectivity index (χ3n) is 6.22. The molecular weight excluding hydrogens is 500 g/mol. The molecule has 0 saturated heterocycles. The van der Waals surface area contributed by atoms with Crippen molar-refractivity contribution >= 4 is 17.8 Å². The van der Waals surface area contributed by atoms with E-state index >= 15 is 0 Å². The first kappa shape index (κ1) is 28.7. The predicted molar refractivity (Wildman–Crippen MR) is 158 cm³/mol. The Morgan fingerprint density at radius 3 is 1.65 bits per heavy atom. The fourth-order valence-corrected chi connectivity index (χ4v) is 4.75. The molecular formula is C34H38N2O4. The molecule has 0 aliphatic heterocycles. The van der Waals surface area contributed by atoms with Crippen LogP contribution in [0.4, 0.5) is 9.59 Å². The Balaban J connectivity index is 1.94. The van der Waals surface area contributed by atoms with Crippen molar-refractivity contribution in [3.63, 3.8) is 0 Å². The van der Waals surface area contributed by atoms with Crippen molar-refractivity contribution < 1.29 is 19.1 Å². The van der Waals surface area contributed by atoms with E-state index in [1.165, 1.54) is 5.01 Å². The van der Waals surface area contributed by atoms with Crippen LogP contribution in [0.3, 0.4) is 0 Å². The van der Waals surface area contributed by atoms with Crippen molar-refractivity contribution in [2.45, 2.75) is 64.7 Å². The van der Waals surface area contributed by atoms with Gasteiger partial charge in [-0.05, 0) is 69.4 Å². The average molecular weight is 539 g/mol. The van der Waals surface area contributed by atoms with Crippen molar-refractivity contribution in [3.05, 3.63) is 125 Å². The van der Waals surface area contributed by atoms with Gasteiger partial charge in [0.15, 0.2) is 0 Å². The van der Waals surface area contributed by atoms with Gasteiger partial charge in [0.05, 0.1) is 6.04 Å². The smallest absolute Gasteiger partial charge is 0.429 e. The lowest BCUT2D eigenvalue weighted by molar-refractivity contribution is -0.00635. The topological polar surface area (TPSA) is 67.9 Å². The molecule has 208 valence electrons. The fraction of sp³-hybridized carbons (Fsp3) is 0.294. The predicted octanol–water partition coefficient (Wildman–Crippen LogP) is 7.89. The molecule has 2 amide bonds. The number of carbonyl (C=O) groups is 2. The molecule has 3 aromatic rings. The Bertz CT molecular complexity index is 1330. The highest BCUT2D eigenvalue weighted by Gasteiger charge is 2.41. The Hall–Kier alpha value is -4.32. The molecule has 6 heteroatoms. The van der Waals surface area contributed by atoms with Gasteiger partial charge in [-0.15, -0.1) is 0 Å². The Labute approximate surface area is 237 Å². The van der Waals surface area contributed by atoms with Crippen LogP contribution in [-0.2, 0) is 9.47 Å². The van der Waals surface area contributed by atoms with Crippen molar-refractivity contribution in [1.29, 1.82) is 0 Å². The average Bonchev–Trinajstić information content (AvgIpc) is 3.31. The van der Waals surface area contributed by atoms with Gasteiger partial charge in [-0.3, -0.25) is 0 Å². The number of hydrazine groups is 1. The van der Waals surface area contributed by atoms with E-state index in [0.717, 1.165) is 27.8 Å².